The normalized spacial score (nSPS) is 12.1. The minimum absolute atomic E-state index is 0.177. The number of carbonyl (C=O) groups is 1. The van der Waals surface area contributed by atoms with Crippen LogP contribution in [0.2, 0.25) is 0 Å². The second-order valence-corrected chi connectivity index (χ2v) is 5.41. The maximum Gasteiger partial charge on any atom is 0.339 e. The Morgan fingerprint density at radius 3 is 2.36 bits per heavy atom. The van der Waals surface area contributed by atoms with Crippen LogP contribution in [-0.4, -0.2) is 36.6 Å². The van der Waals surface area contributed by atoms with Crippen LogP contribution >= 0.6 is 0 Å². The van der Waals surface area contributed by atoms with E-state index >= 15 is 0 Å². The number of carboxylic acid groups (broad SMARTS) is 1. The van der Waals surface area contributed by atoms with E-state index in [1.54, 1.807) is 24.3 Å². The number of ether oxygens (including phenoxy) is 1. The van der Waals surface area contributed by atoms with Gasteiger partial charge in [0.2, 0.25) is 0 Å². The molecule has 2 rings (SSSR count). The summed E-state index contributed by atoms with van der Waals surface area (Å²) in [6.07, 6.45) is 0.606. The zero-order valence-electron chi connectivity index (χ0n) is 12.9. The van der Waals surface area contributed by atoms with E-state index in [4.69, 9.17) is 4.74 Å². The first-order chi connectivity index (χ1) is 10.6. The molecule has 4 heteroatoms. The molecule has 1 unspecified atom stereocenters. The van der Waals surface area contributed by atoms with Gasteiger partial charge >= 0.3 is 5.97 Å². The second-order valence-electron chi connectivity index (χ2n) is 5.41. The molecule has 1 atom stereocenters. The van der Waals surface area contributed by atoms with Crippen molar-refractivity contribution in [3.63, 3.8) is 0 Å². The standard InChI is InChI=1S/C18H21NO3/c1-19(2)13-12-16(14-8-4-3-5-9-14)22-17-11-7-6-10-15(17)18(20)21/h3-11,16H,12-13H2,1-2H3,(H,20,21). The smallest absolute Gasteiger partial charge is 0.339 e. The van der Waals surface area contributed by atoms with Crippen molar-refractivity contribution in [1.82, 2.24) is 4.90 Å². The van der Waals surface area contributed by atoms with E-state index in [-0.39, 0.29) is 11.7 Å². The van der Waals surface area contributed by atoms with Crippen LogP contribution < -0.4 is 4.74 Å². The van der Waals surface area contributed by atoms with Crippen molar-refractivity contribution in [3.05, 3.63) is 65.7 Å². The van der Waals surface area contributed by atoms with Gasteiger partial charge in [0, 0.05) is 13.0 Å². The van der Waals surface area contributed by atoms with Gasteiger partial charge in [-0.3, -0.25) is 0 Å². The third kappa shape index (κ3) is 4.33. The van der Waals surface area contributed by atoms with Crippen LogP contribution in [0.15, 0.2) is 54.6 Å². The molecule has 0 aromatic heterocycles. The lowest BCUT2D eigenvalue weighted by molar-refractivity contribution is 0.0687. The summed E-state index contributed by atoms with van der Waals surface area (Å²) >= 11 is 0. The van der Waals surface area contributed by atoms with Gasteiger partial charge in [0.1, 0.15) is 17.4 Å². The van der Waals surface area contributed by atoms with Crippen LogP contribution in [0.3, 0.4) is 0 Å². The molecule has 0 heterocycles. The first-order valence-corrected chi connectivity index (χ1v) is 7.26. The molecule has 4 nitrogen and oxygen atoms in total. The van der Waals surface area contributed by atoms with Crippen molar-refractivity contribution in [2.75, 3.05) is 20.6 Å². The van der Waals surface area contributed by atoms with E-state index in [0.717, 1.165) is 18.5 Å². The van der Waals surface area contributed by atoms with Gasteiger partial charge in [0.05, 0.1) is 0 Å². The van der Waals surface area contributed by atoms with Gasteiger partial charge in [-0.15, -0.1) is 0 Å². The topological polar surface area (TPSA) is 49.8 Å². The van der Waals surface area contributed by atoms with E-state index in [2.05, 4.69) is 4.90 Å². The number of aromatic carboxylic acids is 1. The van der Waals surface area contributed by atoms with Crippen LogP contribution in [0.25, 0.3) is 0 Å². The minimum Gasteiger partial charge on any atom is -0.485 e. The Labute approximate surface area is 131 Å². The van der Waals surface area contributed by atoms with E-state index in [0.29, 0.717) is 5.75 Å². The summed E-state index contributed by atoms with van der Waals surface area (Å²) in [5, 5.41) is 9.28. The van der Waals surface area contributed by atoms with Crippen molar-refractivity contribution in [1.29, 1.82) is 0 Å². The third-order valence-electron chi connectivity index (χ3n) is 3.40. The lowest BCUT2D eigenvalue weighted by atomic mass is 10.1. The molecule has 0 aliphatic carbocycles. The molecule has 0 amide bonds. The average molecular weight is 299 g/mol. The number of hydrogen-bond acceptors (Lipinski definition) is 3. The monoisotopic (exact) mass is 299 g/mol. The summed E-state index contributed by atoms with van der Waals surface area (Å²) in [5.74, 6) is -0.572. The number of carboxylic acids is 1. The molecule has 0 saturated heterocycles. The molecular weight excluding hydrogens is 278 g/mol. The molecule has 0 bridgehead atoms. The zero-order chi connectivity index (χ0) is 15.9. The van der Waals surface area contributed by atoms with Gasteiger partial charge in [0.15, 0.2) is 0 Å². The average Bonchev–Trinajstić information content (AvgIpc) is 2.52. The Bertz CT molecular complexity index is 611. The predicted molar refractivity (Wildman–Crippen MR) is 86.4 cm³/mol. The molecule has 22 heavy (non-hydrogen) atoms. The summed E-state index contributed by atoms with van der Waals surface area (Å²) in [5.41, 5.74) is 1.23. The number of hydrogen-bond donors (Lipinski definition) is 1. The first-order valence-electron chi connectivity index (χ1n) is 7.26. The van der Waals surface area contributed by atoms with Crippen LogP contribution in [0.4, 0.5) is 0 Å². The molecule has 0 fully saturated rings. The van der Waals surface area contributed by atoms with Crippen LogP contribution in [0.5, 0.6) is 5.75 Å². The summed E-state index contributed by atoms with van der Waals surface area (Å²) in [7, 11) is 4.01. The molecule has 116 valence electrons. The highest BCUT2D eigenvalue weighted by atomic mass is 16.5. The van der Waals surface area contributed by atoms with E-state index in [9.17, 15) is 9.90 Å². The van der Waals surface area contributed by atoms with Crippen molar-refractivity contribution in [2.45, 2.75) is 12.5 Å². The van der Waals surface area contributed by atoms with Crippen LogP contribution in [0, 0.1) is 0 Å². The van der Waals surface area contributed by atoms with Crippen molar-refractivity contribution >= 4 is 5.97 Å². The summed E-state index contributed by atoms with van der Waals surface area (Å²) in [4.78, 5) is 13.4. The van der Waals surface area contributed by atoms with Crippen LogP contribution in [-0.2, 0) is 0 Å². The molecule has 0 aliphatic heterocycles. The molecule has 0 radical (unpaired) electrons. The quantitative estimate of drug-likeness (QED) is 0.850. The molecular formula is C18H21NO3. The predicted octanol–water partition coefficient (Wildman–Crippen LogP) is 3.46. The Morgan fingerprint density at radius 1 is 1.09 bits per heavy atom. The maximum absolute atomic E-state index is 11.3. The fourth-order valence-corrected chi connectivity index (χ4v) is 2.24. The highest BCUT2D eigenvalue weighted by Crippen LogP contribution is 2.27. The molecule has 0 spiro atoms. The molecule has 0 aliphatic rings. The fraction of sp³-hybridized carbons (Fsp3) is 0.278. The Morgan fingerprint density at radius 2 is 1.73 bits per heavy atom. The lowest BCUT2D eigenvalue weighted by Gasteiger charge is -2.22. The molecule has 2 aromatic rings. The SMILES string of the molecule is CN(C)CCC(Oc1ccccc1C(=O)O)c1ccccc1. The second kappa shape index (κ2) is 7.61. The van der Waals surface area contributed by atoms with E-state index in [1.807, 2.05) is 44.4 Å². The Balaban J connectivity index is 2.25. The number of benzene rings is 2. The van der Waals surface area contributed by atoms with Gasteiger partial charge in [-0.1, -0.05) is 42.5 Å². The fourth-order valence-electron chi connectivity index (χ4n) is 2.24. The largest absolute Gasteiger partial charge is 0.485 e. The van der Waals surface area contributed by atoms with E-state index in [1.165, 1.54) is 0 Å². The van der Waals surface area contributed by atoms with Gasteiger partial charge in [-0.2, -0.15) is 0 Å². The van der Waals surface area contributed by atoms with E-state index < -0.39 is 5.97 Å². The summed E-state index contributed by atoms with van der Waals surface area (Å²) in [6.45, 7) is 0.856. The number of rotatable bonds is 7. The maximum atomic E-state index is 11.3. The van der Waals surface area contributed by atoms with Crippen molar-refractivity contribution in [2.24, 2.45) is 0 Å². The molecule has 0 saturated carbocycles. The highest BCUT2D eigenvalue weighted by molar-refractivity contribution is 5.90. The Hall–Kier alpha value is -2.33. The Kier molecular flexibility index (Phi) is 5.55. The third-order valence-corrected chi connectivity index (χ3v) is 3.40. The van der Waals surface area contributed by atoms with Gasteiger partial charge in [-0.05, 0) is 31.8 Å². The minimum atomic E-state index is -0.977. The van der Waals surface area contributed by atoms with Gasteiger partial charge in [-0.25, -0.2) is 4.79 Å². The number of para-hydroxylation sites is 1. The highest BCUT2D eigenvalue weighted by Gasteiger charge is 2.17. The van der Waals surface area contributed by atoms with Crippen molar-refractivity contribution < 1.29 is 14.6 Å². The zero-order valence-corrected chi connectivity index (χ0v) is 12.9. The van der Waals surface area contributed by atoms with Gasteiger partial charge in [0.25, 0.3) is 0 Å². The molecule has 1 N–H and O–H groups in total. The number of nitrogens with zero attached hydrogens (tertiary/aromatic N) is 1. The molecule has 2 aromatic carbocycles. The van der Waals surface area contributed by atoms with Crippen LogP contribution in [0.1, 0.15) is 28.4 Å². The lowest BCUT2D eigenvalue weighted by Crippen LogP contribution is -2.19. The summed E-state index contributed by atoms with van der Waals surface area (Å²) < 4.78 is 6.04. The summed E-state index contributed by atoms with van der Waals surface area (Å²) in [6, 6.07) is 16.6. The first kappa shape index (κ1) is 16.0. The van der Waals surface area contributed by atoms with Crippen molar-refractivity contribution in [3.8, 4) is 5.75 Å². The van der Waals surface area contributed by atoms with Gasteiger partial charge < -0.3 is 14.7 Å².